The van der Waals surface area contributed by atoms with Crippen LogP contribution in [0.2, 0.25) is 0 Å². The van der Waals surface area contributed by atoms with Gasteiger partial charge in [-0.3, -0.25) is 4.79 Å². The molecule has 0 spiro atoms. The van der Waals surface area contributed by atoms with E-state index in [4.69, 9.17) is 0 Å². The fourth-order valence-electron chi connectivity index (χ4n) is 3.16. The average Bonchev–Trinajstić information content (AvgIpc) is 3.23. The van der Waals surface area contributed by atoms with Crippen LogP contribution in [0, 0.1) is 0 Å². The monoisotopic (exact) mass is 349 g/mol. The number of rotatable bonds is 3. The molecule has 4 rings (SSSR count). The van der Waals surface area contributed by atoms with Crippen LogP contribution in [0.1, 0.15) is 10.4 Å². The lowest BCUT2D eigenvalue weighted by Crippen LogP contribution is -2.48. The number of carbonyl (C=O) groups is 1. The number of hydrogen-bond acceptors (Lipinski definition) is 5. The van der Waals surface area contributed by atoms with Crippen molar-refractivity contribution in [2.24, 2.45) is 0 Å². The Balaban J connectivity index is 1.41. The van der Waals surface area contributed by atoms with Crippen molar-refractivity contribution in [3.05, 3.63) is 66.7 Å². The number of phenolic OH excluding ortho intramolecular Hbond substituents is 1. The van der Waals surface area contributed by atoms with Gasteiger partial charge in [-0.15, -0.1) is 0 Å². The van der Waals surface area contributed by atoms with Crippen molar-refractivity contribution in [1.82, 2.24) is 19.7 Å². The molecule has 1 amide bonds. The number of para-hydroxylation sites is 2. The molecule has 0 atom stereocenters. The molecule has 1 N–H and O–H groups in total. The van der Waals surface area contributed by atoms with Crippen LogP contribution in [0.15, 0.2) is 61.2 Å². The summed E-state index contributed by atoms with van der Waals surface area (Å²) in [6.07, 6.45) is 3.10. The summed E-state index contributed by atoms with van der Waals surface area (Å²) in [5, 5.41) is 14.1. The number of aromatic hydroxyl groups is 1. The first-order chi connectivity index (χ1) is 12.7. The number of piperazine rings is 1. The third kappa shape index (κ3) is 3.11. The minimum absolute atomic E-state index is 0.0204. The van der Waals surface area contributed by atoms with Crippen molar-refractivity contribution in [2.75, 3.05) is 31.1 Å². The van der Waals surface area contributed by atoms with Gasteiger partial charge in [0.15, 0.2) is 0 Å². The van der Waals surface area contributed by atoms with E-state index in [9.17, 15) is 9.90 Å². The molecule has 7 heteroatoms. The highest BCUT2D eigenvalue weighted by Crippen LogP contribution is 2.27. The first kappa shape index (κ1) is 16.1. The van der Waals surface area contributed by atoms with E-state index in [0.717, 1.165) is 11.4 Å². The first-order valence-corrected chi connectivity index (χ1v) is 8.49. The molecule has 1 aliphatic heterocycles. The van der Waals surface area contributed by atoms with Crippen LogP contribution in [0.5, 0.6) is 5.75 Å². The minimum atomic E-state index is 0.0204. The molecule has 0 saturated carbocycles. The fourth-order valence-corrected chi connectivity index (χ4v) is 3.16. The number of nitrogens with zero attached hydrogens (tertiary/aromatic N) is 5. The normalized spacial score (nSPS) is 14.5. The van der Waals surface area contributed by atoms with Gasteiger partial charge in [0.2, 0.25) is 0 Å². The highest BCUT2D eigenvalue weighted by Gasteiger charge is 2.23. The van der Waals surface area contributed by atoms with Crippen LogP contribution in [0.3, 0.4) is 0 Å². The van der Waals surface area contributed by atoms with E-state index in [2.05, 4.69) is 15.0 Å². The summed E-state index contributed by atoms with van der Waals surface area (Å²) in [4.78, 5) is 20.6. The molecular weight excluding hydrogens is 330 g/mol. The van der Waals surface area contributed by atoms with Gasteiger partial charge in [-0.2, -0.15) is 5.10 Å². The molecule has 1 saturated heterocycles. The molecule has 0 unspecified atom stereocenters. The quantitative estimate of drug-likeness (QED) is 0.782. The molecule has 1 aliphatic rings. The molecule has 0 bridgehead atoms. The van der Waals surface area contributed by atoms with Gasteiger partial charge in [0.1, 0.15) is 18.4 Å². The Morgan fingerprint density at radius 1 is 0.962 bits per heavy atom. The number of phenols is 1. The molecule has 1 fully saturated rings. The maximum atomic E-state index is 12.7. The van der Waals surface area contributed by atoms with Gasteiger partial charge in [0.05, 0.1) is 11.4 Å². The maximum absolute atomic E-state index is 12.7. The maximum Gasteiger partial charge on any atom is 0.253 e. The van der Waals surface area contributed by atoms with Gasteiger partial charge >= 0.3 is 0 Å². The largest absolute Gasteiger partial charge is 0.506 e. The summed E-state index contributed by atoms with van der Waals surface area (Å²) in [5.41, 5.74) is 2.34. The van der Waals surface area contributed by atoms with Gasteiger partial charge in [0, 0.05) is 31.7 Å². The molecule has 0 aliphatic carbocycles. The molecule has 132 valence electrons. The number of amides is 1. The molecule has 3 aromatic rings. The molecule has 0 radical (unpaired) electrons. The summed E-state index contributed by atoms with van der Waals surface area (Å²) >= 11 is 0. The van der Waals surface area contributed by atoms with E-state index in [0.29, 0.717) is 31.7 Å². The highest BCUT2D eigenvalue weighted by molar-refractivity contribution is 5.94. The second-order valence-corrected chi connectivity index (χ2v) is 6.15. The Hall–Kier alpha value is -3.35. The lowest BCUT2D eigenvalue weighted by atomic mass is 10.1. The lowest BCUT2D eigenvalue weighted by Gasteiger charge is -2.36. The molecule has 1 aromatic heterocycles. The van der Waals surface area contributed by atoms with Crippen molar-refractivity contribution < 1.29 is 9.90 Å². The summed E-state index contributed by atoms with van der Waals surface area (Å²) in [7, 11) is 0. The zero-order valence-electron chi connectivity index (χ0n) is 14.2. The third-order valence-corrected chi connectivity index (χ3v) is 4.59. The number of aromatic nitrogens is 3. The van der Waals surface area contributed by atoms with Crippen molar-refractivity contribution in [1.29, 1.82) is 0 Å². The average molecular weight is 349 g/mol. The van der Waals surface area contributed by atoms with Crippen LogP contribution < -0.4 is 4.90 Å². The highest BCUT2D eigenvalue weighted by atomic mass is 16.3. The van der Waals surface area contributed by atoms with Gasteiger partial charge in [-0.1, -0.05) is 12.1 Å². The van der Waals surface area contributed by atoms with Crippen LogP contribution in [-0.4, -0.2) is 56.9 Å². The number of benzene rings is 2. The van der Waals surface area contributed by atoms with Crippen molar-refractivity contribution in [2.45, 2.75) is 0 Å². The van der Waals surface area contributed by atoms with E-state index in [1.54, 1.807) is 17.1 Å². The van der Waals surface area contributed by atoms with Crippen molar-refractivity contribution in [3.8, 4) is 11.4 Å². The molecule has 7 nitrogen and oxygen atoms in total. The van der Waals surface area contributed by atoms with E-state index in [1.807, 2.05) is 47.4 Å². The number of anilines is 1. The predicted molar refractivity (Wildman–Crippen MR) is 97.6 cm³/mol. The predicted octanol–water partition coefficient (Wildman–Crippen LogP) is 1.94. The second-order valence-electron chi connectivity index (χ2n) is 6.15. The summed E-state index contributed by atoms with van der Waals surface area (Å²) in [6.45, 7) is 2.64. The zero-order valence-corrected chi connectivity index (χ0v) is 14.2. The van der Waals surface area contributed by atoms with Crippen LogP contribution in [0.25, 0.3) is 5.69 Å². The Morgan fingerprint density at radius 3 is 2.35 bits per heavy atom. The minimum Gasteiger partial charge on any atom is -0.506 e. The lowest BCUT2D eigenvalue weighted by molar-refractivity contribution is 0.0746. The van der Waals surface area contributed by atoms with E-state index >= 15 is 0 Å². The Labute approximate surface area is 151 Å². The topological polar surface area (TPSA) is 74.5 Å². The Kier molecular flexibility index (Phi) is 4.27. The Bertz CT molecular complexity index is 885. The van der Waals surface area contributed by atoms with E-state index in [-0.39, 0.29) is 11.7 Å². The molecule has 26 heavy (non-hydrogen) atoms. The SMILES string of the molecule is O=C(c1ccc(-n2cncn2)cc1)N1CCN(c2ccccc2O)CC1. The zero-order chi connectivity index (χ0) is 17.9. The molecule has 2 heterocycles. The standard InChI is InChI=1S/C19H19N5O2/c25-18-4-2-1-3-17(18)22-9-11-23(12-10-22)19(26)15-5-7-16(8-6-15)24-14-20-13-21-24/h1-8,13-14,25H,9-12H2. The fraction of sp³-hybridized carbons (Fsp3) is 0.211. The summed E-state index contributed by atoms with van der Waals surface area (Å²) in [6, 6.07) is 14.6. The summed E-state index contributed by atoms with van der Waals surface area (Å²) < 4.78 is 1.65. The van der Waals surface area contributed by atoms with Crippen molar-refractivity contribution >= 4 is 11.6 Å². The molecule has 2 aromatic carbocycles. The van der Waals surface area contributed by atoms with Gasteiger partial charge in [-0.25, -0.2) is 9.67 Å². The van der Waals surface area contributed by atoms with Crippen molar-refractivity contribution in [3.63, 3.8) is 0 Å². The Morgan fingerprint density at radius 2 is 1.69 bits per heavy atom. The van der Waals surface area contributed by atoms with Crippen LogP contribution in [0.4, 0.5) is 5.69 Å². The van der Waals surface area contributed by atoms with Gasteiger partial charge in [0.25, 0.3) is 5.91 Å². The first-order valence-electron chi connectivity index (χ1n) is 8.49. The van der Waals surface area contributed by atoms with Crippen LogP contribution >= 0.6 is 0 Å². The smallest absolute Gasteiger partial charge is 0.253 e. The second kappa shape index (κ2) is 6.87. The summed E-state index contributed by atoms with van der Waals surface area (Å²) in [5.74, 6) is 0.294. The number of hydrogen-bond donors (Lipinski definition) is 1. The molecular formula is C19H19N5O2. The van der Waals surface area contributed by atoms with E-state index < -0.39 is 0 Å². The van der Waals surface area contributed by atoms with Crippen LogP contribution in [-0.2, 0) is 0 Å². The van der Waals surface area contributed by atoms with Gasteiger partial charge < -0.3 is 14.9 Å². The number of carbonyl (C=O) groups excluding carboxylic acids is 1. The third-order valence-electron chi connectivity index (χ3n) is 4.59. The van der Waals surface area contributed by atoms with Gasteiger partial charge in [-0.05, 0) is 36.4 Å². The van der Waals surface area contributed by atoms with E-state index in [1.165, 1.54) is 6.33 Å².